The van der Waals surface area contributed by atoms with Gasteiger partial charge >= 0.3 is 0 Å². The third-order valence-corrected chi connectivity index (χ3v) is 3.06. The van der Waals surface area contributed by atoms with Gasteiger partial charge < -0.3 is 10.7 Å². The molecule has 0 spiro atoms. The summed E-state index contributed by atoms with van der Waals surface area (Å²) in [6.07, 6.45) is 3.29. The van der Waals surface area contributed by atoms with Gasteiger partial charge in [-0.25, -0.2) is 0 Å². The number of nitrogen functional groups attached to an aromatic ring is 1. The van der Waals surface area contributed by atoms with E-state index in [2.05, 4.69) is 10.7 Å². The molecular weight excluding hydrogens is 226 g/mol. The van der Waals surface area contributed by atoms with Crippen LogP contribution < -0.4 is 16.6 Å². The summed E-state index contributed by atoms with van der Waals surface area (Å²) in [7, 11) is 0. The maximum Gasteiger partial charge on any atom is 0.253 e. The van der Waals surface area contributed by atoms with Crippen molar-refractivity contribution in [3.05, 3.63) is 28.8 Å². The number of anilines is 1. The molecule has 0 unspecified atom stereocenters. The average molecular weight is 240 g/mol. The molecule has 1 aliphatic rings. The van der Waals surface area contributed by atoms with Crippen molar-refractivity contribution in [1.82, 2.24) is 5.32 Å². The highest BCUT2D eigenvalue weighted by atomic mass is 35.5. The van der Waals surface area contributed by atoms with Crippen LogP contribution in [0.1, 0.15) is 29.6 Å². The SMILES string of the molecule is NNc1ccc(Cl)cc1C(=O)NC1CCC1. The number of amides is 1. The number of nitrogens with two attached hydrogens (primary N) is 1. The lowest BCUT2D eigenvalue weighted by molar-refractivity contribution is 0.0918. The lowest BCUT2D eigenvalue weighted by atomic mass is 9.93. The highest BCUT2D eigenvalue weighted by molar-refractivity contribution is 6.31. The Morgan fingerprint density at radius 2 is 2.19 bits per heavy atom. The van der Waals surface area contributed by atoms with E-state index in [9.17, 15) is 4.79 Å². The summed E-state index contributed by atoms with van der Waals surface area (Å²) in [6, 6.07) is 5.30. The minimum Gasteiger partial charge on any atom is -0.349 e. The van der Waals surface area contributed by atoms with Gasteiger partial charge in [0.05, 0.1) is 11.3 Å². The summed E-state index contributed by atoms with van der Waals surface area (Å²) in [5.74, 6) is 5.22. The second-order valence-electron chi connectivity index (χ2n) is 3.94. The molecule has 0 aromatic heterocycles. The van der Waals surface area contributed by atoms with E-state index >= 15 is 0 Å². The number of benzene rings is 1. The van der Waals surface area contributed by atoms with Crippen LogP contribution in [0.2, 0.25) is 5.02 Å². The third kappa shape index (κ3) is 2.28. The summed E-state index contributed by atoms with van der Waals surface area (Å²) in [5.41, 5.74) is 3.57. The molecule has 1 aromatic rings. The largest absolute Gasteiger partial charge is 0.349 e. The molecule has 86 valence electrons. The van der Waals surface area contributed by atoms with E-state index < -0.39 is 0 Å². The molecule has 2 rings (SSSR count). The van der Waals surface area contributed by atoms with E-state index in [1.54, 1.807) is 18.2 Å². The molecule has 0 saturated heterocycles. The fraction of sp³-hybridized carbons (Fsp3) is 0.364. The van der Waals surface area contributed by atoms with Gasteiger partial charge in [-0.3, -0.25) is 10.6 Å². The maximum absolute atomic E-state index is 11.9. The minimum atomic E-state index is -0.125. The smallest absolute Gasteiger partial charge is 0.253 e. The molecule has 16 heavy (non-hydrogen) atoms. The average Bonchev–Trinajstić information content (AvgIpc) is 2.23. The Morgan fingerprint density at radius 3 is 2.75 bits per heavy atom. The number of rotatable bonds is 3. The van der Waals surface area contributed by atoms with Crippen LogP contribution >= 0.6 is 11.6 Å². The quantitative estimate of drug-likeness (QED) is 0.558. The van der Waals surface area contributed by atoms with E-state index in [1.807, 2.05) is 0 Å². The van der Waals surface area contributed by atoms with E-state index in [4.69, 9.17) is 17.4 Å². The molecule has 1 aromatic carbocycles. The molecule has 4 nitrogen and oxygen atoms in total. The van der Waals surface area contributed by atoms with Crippen molar-refractivity contribution < 1.29 is 4.79 Å². The van der Waals surface area contributed by atoms with Crippen molar-refractivity contribution in [2.24, 2.45) is 5.84 Å². The van der Waals surface area contributed by atoms with Gasteiger partial charge in [0.1, 0.15) is 0 Å². The van der Waals surface area contributed by atoms with Gasteiger partial charge in [0, 0.05) is 11.1 Å². The molecule has 1 saturated carbocycles. The molecule has 4 N–H and O–H groups in total. The Hall–Kier alpha value is -1.26. The maximum atomic E-state index is 11.9. The molecule has 1 amide bonds. The van der Waals surface area contributed by atoms with E-state index in [0.717, 1.165) is 12.8 Å². The van der Waals surface area contributed by atoms with E-state index in [-0.39, 0.29) is 5.91 Å². The van der Waals surface area contributed by atoms with Crippen molar-refractivity contribution in [1.29, 1.82) is 0 Å². The molecule has 1 aliphatic carbocycles. The normalized spacial score (nSPS) is 15.4. The Kier molecular flexibility index (Phi) is 3.31. The molecule has 0 heterocycles. The standard InChI is InChI=1S/C11H14ClN3O/c12-7-4-5-10(15-13)9(6-7)11(16)14-8-2-1-3-8/h4-6,8,15H,1-3,13H2,(H,14,16). The number of carbonyl (C=O) groups is 1. The summed E-state index contributed by atoms with van der Waals surface area (Å²) in [4.78, 5) is 11.9. The molecule has 0 bridgehead atoms. The van der Waals surface area contributed by atoms with Crippen molar-refractivity contribution in [2.45, 2.75) is 25.3 Å². The van der Waals surface area contributed by atoms with Gasteiger partial charge in [-0.05, 0) is 37.5 Å². The summed E-state index contributed by atoms with van der Waals surface area (Å²) in [5, 5.41) is 3.47. The second kappa shape index (κ2) is 4.72. The van der Waals surface area contributed by atoms with Gasteiger partial charge in [-0.1, -0.05) is 11.6 Å². The number of hydrogen-bond donors (Lipinski definition) is 3. The fourth-order valence-corrected chi connectivity index (χ4v) is 1.82. The Balaban J connectivity index is 2.16. The first kappa shape index (κ1) is 11.2. The molecule has 0 aliphatic heterocycles. The predicted molar refractivity (Wildman–Crippen MR) is 64.4 cm³/mol. The van der Waals surface area contributed by atoms with Crippen molar-refractivity contribution >= 4 is 23.2 Å². The predicted octanol–water partition coefficient (Wildman–Crippen LogP) is 1.91. The first-order valence-corrected chi connectivity index (χ1v) is 5.65. The Bertz CT molecular complexity index is 404. The molecule has 1 fully saturated rings. The lowest BCUT2D eigenvalue weighted by Crippen LogP contribution is -2.39. The first-order valence-electron chi connectivity index (χ1n) is 5.27. The van der Waals surface area contributed by atoms with Gasteiger partial charge in [0.2, 0.25) is 0 Å². The van der Waals surface area contributed by atoms with E-state index in [1.165, 1.54) is 6.42 Å². The van der Waals surface area contributed by atoms with Crippen LogP contribution in [-0.4, -0.2) is 11.9 Å². The number of hydrazine groups is 1. The number of hydrogen-bond acceptors (Lipinski definition) is 3. The van der Waals surface area contributed by atoms with Crippen molar-refractivity contribution in [3.8, 4) is 0 Å². The first-order chi connectivity index (χ1) is 7.70. The van der Waals surface area contributed by atoms with Crippen LogP contribution in [-0.2, 0) is 0 Å². The van der Waals surface area contributed by atoms with Gasteiger partial charge in [0.15, 0.2) is 0 Å². The summed E-state index contributed by atoms with van der Waals surface area (Å²) < 4.78 is 0. The van der Waals surface area contributed by atoms with Crippen molar-refractivity contribution in [2.75, 3.05) is 5.43 Å². The van der Waals surface area contributed by atoms with Crippen LogP contribution in [0.15, 0.2) is 18.2 Å². The van der Waals surface area contributed by atoms with E-state index in [0.29, 0.717) is 22.3 Å². The molecule has 0 atom stereocenters. The van der Waals surface area contributed by atoms with Gasteiger partial charge in [-0.15, -0.1) is 0 Å². The van der Waals surface area contributed by atoms with Crippen LogP contribution in [0.25, 0.3) is 0 Å². The van der Waals surface area contributed by atoms with Gasteiger partial charge in [-0.2, -0.15) is 0 Å². The number of carbonyl (C=O) groups excluding carboxylic acids is 1. The highest BCUT2D eigenvalue weighted by Gasteiger charge is 2.21. The summed E-state index contributed by atoms with van der Waals surface area (Å²) >= 11 is 5.85. The number of nitrogens with one attached hydrogen (secondary N) is 2. The zero-order valence-electron chi connectivity index (χ0n) is 8.79. The zero-order valence-corrected chi connectivity index (χ0v) is 9.55. The summed E-state index contributed by atoms with van der Waals surface area (Å²) in [6.45, 7) is 0. The fourth-order valence-electron chi connectivity index (χ4n) is 1.65. The number of halogens is 1. The minimum absolute atomic E-state index is 0.125. The second-order valence-corrected chi connectivity index (χ2v) is 4.37. The monoisotopic (exact) mass is 239 g/mol. The molecule has 5 heteroatoms. The van der Waals surface area contributed by atoms with Crippen LogP contribution in [0, 0.1) is 0 Å². The van der Waals surface area contributed by atoms with Crippen LogP contribution in [0.5, 0.6) is 0 Å². The molecular formula is C11H14ClN3O. The van der Waals surface area contributed by atoms with Gasteiger partial charge in [0.25, 0.3) is 5.91 Å². The molecule has 0 radical (unpaired) electrons. The Morgan fingerprint density at radius 1 is 1.44 bits per heavy atom. The lowest BCUT2D eigenvalue weighted by Gasteiger charge is -2.26. The van der Waals surface area contributed by atoms with Crippen LogP contribution in [0.3, 0.4) is 0 Å². The van der Waals surface area contributed by atoms with Crippen LogP contribution in [0.4, 0.5) is 5.69 Å². The Labute approximate surface area is 99.1 Å². The zero-order chi connectivity index (χ0) is 11.5. The third-order valence-electron chi connectivity index (χ3n) is 2.82. The topological polar surface area (TPSA) is 67.1 Å². The van der Waals surface area contributed by atoms with Crippen molar-refractivity contribution in [3.63, 3.8) is 0 Å². The highest BCUT2D eigenvalue weighted by Crippen LogP contribution is 2.22.